The Morgan fingerprint density at radius 2 is 2.23 bits per heavy atom. The van der Waals surface area contributed by atoms with Crippen molar-refractivity contribution in [3.8, 4) is 0 Å². The molecule has 1 unspecified atom stereocenters. The first-order valence-corrected chi connectivity index (χ1v) is 7.42. The predicted octanol–water partition coefficient (Wildman–Crippen LogP) is 1.88. The Bertz CT molecular complexity index is 576. The molecule has 1 heterocycles. The van der Waals surface area contributed by atoms with Crippen molar-refractivity contribution in [2.24, 2.45) is 0 Å². The summed E-state index contributed by atoms with van der Waals surface area (Å²) in [6.07, 6.45) is 0.950. The molecule has 2 rings (SSSR count). The van der Waals surface area contributed by atoms with E-state index in [4.69, 9.17) is 16.3 Å². The molecule has 2 amide bonds. The summed E-state index contributed by atoms with van der Waals surface area (Å²) >= 11 is 6.18. The van der Waals surface area contributed by atoms with Gasteiger partial charge in [-0.25, -0.2) is 0 Å². The first-order chi connectivity index (χ1) is 10.5. The number of benzene rings is 1. The van der Waals surface area contributed by atoms with Crippen molar-refractivity contribution in [3.05, 3.63) is 47.5 Å². The molecule has 0 spiro atoms. The lowest BCUT2D eigenvalue weighted by Gasteiger charge is -2.34. The fraction of sp³-hybridized carbons (Fsp3) is 0.375. The summed E-state index contributed by atoms with van der Waals surface area (Å²) in [6, 6.07) is 7.45. The summed E-state index contributed by atoms with van der Waals surface area (Å²) in [6.45, 7) is 4.82. The molecular formula is C16H19ClN2O3. The van der Waals surface area contributed by atoms with Crippen LogP contribution in [0.1, 0.15) is 11.7 Å². The summed E-state index contributed by atoms with van der Waals surface area (Å²) in [4.78, 5) is 26.8. The lowest BCUT2D eigenvalue weighted by atomic mass is 10.1. The second kappa shape index (κ2) is 7.42. The van der Waals surface area contributed by atoms with Gasteiger partial charge in [0.15, 0.2) is 0 Å². The van der Waals surface area contributed by atoms with Crippen LogP contribution in [-0.2, 0) is 14.3 Å². The van der Waals surface area contributed by atoms with E-state index in [2.05, 4.69) is 6.58 Å². The molecule has 22 heavy (non-hydrogen) atoms. The molecule has 0 radical (unpaired) electrons. The molecule has 0 N–H and O–H groups in total. The zero-order valence-electron chi connectivity index (χ0n) is 12.5. The van der Waals surface area contributed by atoms with Gasteiger partial charge in [0.25, 0.3) is 0 Å². The number of morpholine rings is 1. The third-order valence-electron chi connectivity index (χ3n) is 3.59. The summed E-state index contributed by atoms with van der Waals surface area (Å²) in [5, 5.41) is 0.626. The number of carbonyl (C=O) groups is 2. The fourth-order valence-corrected chi connectivity index (χ4v) is 2.59. The maximum Gasteiger partial charge on any atom is 0.246 e. The Balaban J connectivity index is 2.01. The standard InChI is InChI=1S/C16H19ClN2O3/c1-3-15(20)18(2)11-16(21)19-8-9-22-14(10-19)12-6-4-5-7-13(12)17/h3-7,14H,1,8-11H2,2H3. The van der Waals surface area contributed by atoms with Gasteiger partial charge in [0.1, 0.15) is 6.10 Å². The van der Waals surface area contributed by atoms with Gasteiger partial charge in [0.2, 0.25) is 11.8 Å². The number of halogens is 1. The summed E-state index contributed by atoms with van der Waals surface area (Å²) < 4.78 is 5.72. The zero-order chi connectivity index (χ0) is 16.1. The quantitative estimate of drug-likeness (QED) is 0.795. The van der Waals surface area contributed by atoms with E-state index in [-0.39, 0.29) is 24.5 Å². The average molecular weight is 323 g/mol. The number of amides is 2. The van der Waals surface area contributed by atoms with Gasteiger partial charge in [-0.3, -0.25) is 9.59 Å². The third-order valence-corrected chi connectivity index (χ3v) is 3.94. The number of ether oxygens (including phenoxy) is 1. The van der Waals surface area contributed by atoms with Crippen molar-refractivity contribution < 1.29 is 14.3 Å². The lowest BCUT2D eigenvalue weighted by Crippen LogP contribution is -2.46. The molecule has 1 aliphatic rings. The largest absolute Gasteiger partial charge is 0.370 e. The maximum absolute atomic E-state index is 12.3. The highest BCUT2D eigenvalue weighted by atomic mass is 35.5. The molecule has 1 atom stereocenters. The molecule has 1 fully saturated rings. The Kier molecular flexibility index (Phi) is 5.57. The molecule has 1 saturated heterocycles. The van der Waals surface area contributed by atoms with Crippen molar-refractivity contribution >= 4 is 23.4 Å². The van der Waals surface area contributed by atoms with Crippen LogP contribution < -0.4 is 0 Å². The van der Waals surface area contributed by atoms with Crippen LogP contribution in [0.5, 0.6) is 0 Å². The topological polar surface area (TPSA) is 49.9 Å². The van der Waals surface area contributed by atoms with Gasteiger partial charge >= 0.3 is 0 Å². The van der Waals surface area contributed by atoms with E-state index in [1.54, 1.807) is 18.0 Å². The molecule has 6 heteroatoms. The van der Waals surface area contributed by atoms with Crippen molar-refractivity contribution in [1.82, 2.24) is 9.80 Å². The molecule has 0 bridgehead atoms. The number of likely N-dealkylation sites (N-methyl/N-ethyl adjacent to an activating group) is 1. The van der Waals surface area contributed by atoms with Crippen molar-refractivity contribution in [3.63, 3.8) is 0 Å². The minimum Gasteiger partial charge on any atom is -0.370 e. The lowest BCUT2D eigenvalue weighted by molar-refractivity contribution is -0.143. The van der Waals surface area contributed by atoms with Gasteiger partial charge in [-0.1, -0.05) is 36.4 Å². The van der Waals surface area contributed by atoms with Crippen LogP contribution in [-0.4, -0.2) is 54.9 Å². The van der Waals surface area contributed by atoms with E-state index in [9.17, 15) is 9.59 Å². The third kappa shape index (κ3) is 3.87. The first kappa shape index (κ1) is 16.5. The monoisotopic (exact) mass is 322 g/mol. The van der Waals surface area contributed by atoms with Gasteiger partial charge < -0.3 is 14.5 Å². The Morgan fingerprint density at radius 3 is 2.91 bits per heavy atom. The summed E-state index contributed by atoms with van der Waals surface area (Å²) in [5.41, 5.74) is 0.872. The average Bonchev–Trinajstić information content (AvgIpc) is 2.54. The van der Waals surface area contributed by atoms with E-state index < -0.39 is 0 Å². The highest BCUT2D eigenvalue weighted by molar-refractivity contribution is 6.31. The predicted molar refractivity (Wildman–Crippen MR) is 84.6 cm³/mol. The molecule has 5 nitrogen and oxygen atoms in total. The number of nitrogens with zero attached hydrogens (tertiary/aromatic N) is 2. The molecular weight excluding hydrogens is 304 g/mol. The minimum absolute atomic E-state index is 0.0279. The number of hydrogen-bond donors (Lipinski definition) is 0. The van der Waals surface area contributed by atoms with E-state index in [1.165, 1.54) is 11.0 Å². The van der Waals surface area contributed by atoms with E-state index in [1.807, 2.05) is 18.2 Å². The molecule has 0 saturated carbocycles. The highest BCUT2D eigenvalue weighted by Gasteiger charge is 2.27. The van der Waals surface area contributed by atoms with Crippen LogP contribution in [0.4, 0.5) is 0 Å². The van der Waals surface area contributed by atoms with E-state index in [0.717, 1.165) is 5.56 Å². The van der Waals surface area contributed by atoms with Gasteiger partial charge in [-0.2, -0.15) is 0 Å². The van der Waals surface area contributed by atoms with Crippen LogP contribution >= 0.6 is 11.6 Å². The van der Waals surface area contributed by atoms with Crippen LogP contribution in [0.25, 0.3) is 0 Å². The number of rotatable bonds is 4. The van der Waals surface area contributed by atoms with Crippen LogP contribution in [0.2, 0.25) is 5.02 Å². The molecule has 0 aliphatic carbocycles. The maximum atomic E-state index is 12.3. The van der Waals surface area contributed by atoms with Crippen molar-refractivity contribution in [2.75, 3.05) is 33.3 Å². The van der Waals surface area contributed by atoms with Crippen molar-refractivity contribution in [2.45, 2.75) is 6.10 Å². The molecule has 1 aromatic carbocycles. The van der Waals surface area contributed by atoms with Crippen LogP contribution in [0, 0.1) is 0 Å². The molecule has 118 valence electrons. The van der Waals surface area contributed by atoms with Gasteiger partial charge in [0, 0.05) is 24.2 Å². The van der Waals surface area contributed by atoms with Crippen LogP contribution in [0.15, 0.2) is 36.9 Å². The van der Waals surface area contributed by atoms with Gasteiger partial charge in [-0.05, 0) is 12.1 Å². The normalized spacial score (nSPS) is 17.9. The second-order valence-electron chi connectivity index (χ2n) is 5.12. The zero-order valence-corrected chi connectivity index (χ0v) is 13.3. The molecule has 0 aromatic heterocycles. The summed E-state index contributed by atoms with van der Waals surface area (Å²) in [5.74, 6) is -0.387. The Hall–Kier alpha value is -1.85. The molecule has 1 aliphatic heterocycles. The van der Waals surface area contributed by atoms with Crippen molar-refractivity contribution in [1.29, 1.82) is 0 Å². The Labute approximate surface area is 135 Å². The number of hydrogen-bond acceptors (Lipinski definition) is 3. The SMILES string of the molecule is C=CC(=O)N(C)CC(=O)N1CCOC(c2ccccc2Cl)C1. The van der Waals surface area contributed by atoms with E-state index >= 15 is 0 Å². The van der Waals surface area contributed by atoms with Gasteiger partial charge in [0.05, 0.1) is 19.7 Å². The Morgan fingerprint density at radius 1 is 1.50 bits per heavy atom. The first-order valence-electron chi connectivity index (χ1n) is 7.04. The second-order valence-corrected chi connectivity index (χ2v) is 5.53. The number of carbonyl (C=O) groups excluding carboxylic acids is 2. The molecule has 1 aromatic rings. The highest BCUT2D eigenvalue weighted by Crippen LogP contribution is 2.28. The fourth-order valence-electron chi connectivity index (χ4n) is 2.34. The minimum atomic E-state index is -0.274. The van der Waals surface area contributed by atoms with E-state index in [0.29, 0.717) is 24.7 Å². The van der Waals surface area contributed by atoms with Gasteiger partial charge in [-0.15, -0.1) is 0 Å². The smallest absolute Gasteiger partial charge is 0.246 e. The summed E-state index contributed by atoms with van der Waals surface area (Å²) in [7, 11) is 1.58. The van der Waals surface area contributed by atoms with Crippen LogP contribution in [0.3, 0.4) is 0 Å².